The molecule has 7 heteroatoms. The second-order valence-electron chi connectivity index (χ2n) is 7.85. The Morgan fingerprint density at radius 1 is 1.06 bits per heavy atom. The molecule has 1 aliphatic rings. The molecule has 1 aliphatic heterocycles. The first-order valence-electron chi connectivity index (χ1n) is 10.2. The lowest BCUT2D eigenvalue weighted by atomic mass is 9.94. The van der Waals surface area contributed by atoms with Gasteiger partial charge in [0.2, 0.25) is 5.95 Å². The zero-order valence-corrected chi connectivity index (χ0v) is 17.5. The normalized spacial score (nSPS) is 17.9. The summed E-state index contributed by atoms with van der Waals surface area (Å²) in [6.45, 7) is 3.75. The second kappa shape index (κ2) is 7.46. The summed E-state index contributed by atoms with van der Waals surface area (Å²) in [6, 6.07) is 15.6. The van der Waals surface area contributed by atoms with Crippen LogP contribution in [-0.4, -0.2) is 31.7 Å². The highest BCUT2D eigenvalue weighted by atomic mass is 16.3. The number of aliphatic hydroxyl groups excluding tert-OH is 1. The Morgan fingerprint density at radius 3 is 2.62 bits per heavy atom. The summed E-state index contributed by atoms with van der Waals surface area (Å²) in [5, 5.41) is 11.3. The molecule has 7 nitrogen and oxygen atoms in total. The molecule has 1 saturated heterocycles. The van der Waals surface area contributed by atoms with Crippen molar-refractivity contribution in [3.8, 4) is 0 Å². The molecule has 0 spiro atoms. The fraction of sp³-hybridized carbons (Fsp3) is 0.120. The number of aryl methyl sites for hydroxylation is 2. The summed E-state index contributed by atoms with van der Waals surface area (Å²) in [7, 11) is 0. The van der Waals surface area contributed by atoms with E-state index in [0.29, 0.717) is 16.6 Å². The van der Waals surface area contributed by atoms with Gasteiger partial charge in [-0.25, -0.2) is 4.98 Å². The van der Waals surface area contributed by atoms with Crippen molar-refractivity contribution >= 4 is 34.4 Å². The van der Waals surface area contributed by atoms with E-state index >= 15 is 0 Å². The number of hydrogen-bond acceptors (Lipinski definition) is 5. The fourth-order valence-electron chi connectivity index (χ4n) is 4.09. The maximum Gasteiger partial charge on any atom is 0.302 e. The van der Waals surface area contributed by atoms with Crippen LogP contribution in [-0.2, 0) is 9.59 Å². The van der Waals surface area contributed by atoms with E-state index < -0.39 is 17.7 Å². The maximum absolute atomic E-state index is 13.2. The number of H-pyrrole nitrogens is 1. The van der Waals surface area contributed by atoms with Gasteiger partial charge in [-0.3, -0.25) is 19.5 Å². The van der Waals surface area contributed by atoms with Gasteiger partial charge in [-0.2, -0.15) is 0 Å². The first-order valence-corrected chi connectivity index (χ1v) is 10.2. The third kappa shape index (κ3) is 3.06. The quantitative estimate of drug-likeness (QED) is 0.292. The monoisotopic (exact) mass is 424 g/mol. The van der Waals surface area contributed by atoms with Crippen LogP contribution in [0.1, 0.15) is 28.3 Å². The molecule has 2 aromatic heterocycles. The van der Waals surface area contributed by atoms with E-state index in [4.69, 9.17) is 0 Å². The first kappa shape index (κ1) is 19.7. The number of para-hydroxylation sites is 2. The number of Topliss-reactive ketones (excluding diaryl/α,β-unsaturated/α-hetero) is 1. The van der Waals surface area contributed by atoms with Crippen LogP contribution in [0.5, 0.6) is 0 Å². The molecule has 158 valence electrons. The number of amides is 1. The number of fused-ring (bicyclic) bond motifs is 1. The average Bonchev–Trinajstić information content (AvgIpc) is 3.34. The van der Waals surface area contributed by atoms with E-state index in [-0.39, 0.29) is 17.3 Å². The van der Waals surface area contributed by atoms with Crippen LogP contribution in [0.2, 0.25) is 0 Å². The Morgan fingerprint density at radius 2 is 1.88 bits per heavy atom. The Kier molecular flexibility index (Phi) is 4.59. The van der Waals surface area contributed by atoms with Gasteiger partial charge in [0.25, 0.3) is 5.78 Å². The predicted molar refractivity (Wildman–Crippen MR) is 121 cm³/mol. The highest BCUT2D eigenvalue weighted by Crippen LogP contribution is 2.41. The summed E-state index contributed by atoms with van der Waals surface area (Å²) < 4.78 is 0. The fourth-order valence-corrected chi connectivity index (χ4v) is 4.09. The van der Waals surface area contributed by atoms with Gasteiger partial charge in [0.1, 0.15) is 5.76 Å². The standard InChI is InChI=1S/C25H20N4O3/c1-14-9-10-15(2)17(12-14)22(30)20-21(16-6-5-11-26-13-16)29(24(32)23(20)31)25-27-18-7-3-4-8-19(18)28-25/h3-13,21,30H,1-2H3,(H,27,28)/b22-20+. The number of hydrogen-bond donors (Lipinski definition) is 2. The number of nitrogens with zero attached hydrogens (tertiary/aromatic N) is 3. The molecule has 2 N–H and O–H groups in total. The molecule has 1 unspecified atom stereocenters. The van der Waals surface area contributed by atoms with Gasteiger partial charge in [-0.15, -0.1) is 0 Å². The van der Waals surface area contributed by atoms with Crippen molar-refractivity contribution in [3.63, 3.8) is 0 Å². The molecule has 3 heterocycles. The van der Waals surface area contributed by atoms with Crippen LogP contribution >= 0.6 is 0 Å². The predicted octanol–water partition coefficient (Wildman–Crippen LogP) is 4.20. The number of aliphatic hydroxyl groups is 1. The van der Waals surface area contributed by atoms with Crippen molar-refractivity contribution in [3.05, 3.63) is 94.8 Å². The van der Waals surface area contributed by atoms with Crippen LogP contribution in [0.4, 0.5) is 5.95 Å². The van der Waals surface area contributed by atoms with E-state index in [1.807, 2.05) is 50.2 Å². The lowest BCUT2D eigenvalue weighted by Gasteiger charge is -2.22. The van der Waals surface area contributed by atoms with Crippen molar-refractivity contribution in [1.29, 1.82) is 0 Å². The van der Waals surface area contributed by atoms with Crippen molar-refractivity contribution in [2.45, 2.75) is 19.9 Å². The van der Waals surface area contributed by atoms with Crippen molar-refractivity contribution in [2.75, 3.05) is 4.90 Å². The number of carbonyl (C=O) groups excluding carboxylic acids is 2. The number of aromatic amines is 1. The summed E-state index contributed by atoms with van der Waals surface area (Å²) in [5.74, 6) is -1.50. The molecule has 1 atom stereocenters. The van der Waals surface area contributed by atoms with E-state index in [1.165, 1.54) is 4.90 Å². The summed E-state index contributed by atoms with van der Waals surface area (Å²) in [4.78, 5) is 39.6. The molecule has 0 saturated carbocycles. The molecule has 32 heavy (non-hydrogen) atoms. The van der Waals surface area contributed by atoms with Gasteiger partial charge in [0, 0.05) is 18.0 Å². The number of carbonyl (C=O) groups is 2. The molecule has 2 aromatic carbocycles. The number of rotatable bonds is 3. The van der Waals surface area contributed by atoms with Crippen molar-refractivity contribution < 1.29 is 14.7 Å². The van der Waals surface area contributed by atoms with Gasteiger partial charge >= 0.3 is 5.91 Å². The summed E-state index contributed by atoms with van der Waals surface area (Å²) in [5.41, 5.74) is 4.26. The van der Waals surface area contributed by atoms with E-state index in [9.17, 15) is 14.7 Å². The maximum atomic E-state index is 13.2. The number of imidazole rings is 1. The molecule has 1 fully saturated rings. The van der Waals surface area contributed by atoms with Crippen molar-refractivity contribution in [2.24, 2.45) is 0 Å². The minimum absolute atomic E-state index is 0.0113. The molecular weight excluding hydrogens is 404 g/mol. The summed E-state index contributed by atoms with van der Waals surface area (Å²) in [6.07, 6.45) is 3.20. The number of benzene rings is 2. The Labute approximate surface area is 184 Å². The molecular formula is C25H20N4O3. The van der Waals surface area contributed by atoms with Gasteiger partial charge in [0.15, 0.2) is 0 Å². The van der Waals surface area contributed by atoms with Gasteiger partial charge in [0.05, 0.1) is 22.6 Å². The van der Waals surface area contributed by atoms with Crippen molar-refractivity contribution in [1.82, 2.24) is 15.0 Å². The van der Waals surface area contributed by atoms with E-state index in [0.717, 1.165) is 16.6 Å². The van der Waals surface area contributed by atoms with E-state index in [1.54, 1.807) is 30.6 Å². The minimum atomic E-state index is -0.871. The molecule has 5 rings (SSSR count). The largest absolute Gasteiger partial charge is 0.507 e. The molecule has 4 aromatic rings. The molecule has 0 bridgehead atoms. The minimum Gasteiger partial charge on any atom is -0.507 e. The third-order valence-corrected chi connectivity index (χ3v) is 5.70. The zero-order chi connectivity index (χ0) is 22.4. The zero-order valence-electron chi connectivity index (χ0n) is 17.5. The summed E-state index contributed by atoms with van der Waals surface area (Å²) >= 11 is 0. The highest BCUT2D eigenvalue weighted by Gasteiger charge is 2.48. The Hall–Kier alpha value is -4.26. The number of ketones is 1. The topological polar surface area (TPSA) is 99.2 Å². The van der Waals surface area contributed by atoms with Gasteiger partial charge in [-0.1, -0.05) is 35.9 Å². The number of aromatic nitrogens is 3. The molecule has 0 radical (unpaired) electrons. The highest BCUT2D eigenvalue weighted by molar-refractivity contribution is 6.51. The molecule has 1 amide bonds. The van der Waals surface area contributed by atoms with E-state index in [2.05, 4.69) is 15.0 Å². The Balaban J connectivity index is 1.76. The average molecular weight is 424 g/mol. The smallest absolute Gasteiger partial charge is 0.302 e. The van der Waals surface area contributed by atoms with Crippen LogP contribution in [0.15, 0.2) is 72.6 Å². The SMILES string of the molecule is Cc1ccc(C)c(/C(O)=C2\C(=O)C(=O)N(c3nc4ccccc4[nH]3)C2c2cccnc2)c1. The van der Waals surface area contributed by atoms with Crippen LogP contribution in [0, 0.1) is 13.8 Å². The lowest BCUT2D eigenvalue weighted by Crippen LogP contribution is -2.30. The number of nitrogens with one attached hydrogen (secondary N) is 1. The Bertz CT molecular complexity index is 1370. The van der Waals surface area contributed by atoms with Crippen LogP contribution < -0.4 is 4.90 Å². The number of pyridine rings is 1. The van der Waals surface area contributed by atoms with Gasteiger partial charge in [-0.05, 0) is 49.2 Å². The van der Waals surface area contributed by atoms with Crippen LogP contribution in [0.25, 0.3) is 16.8 Å². The second-order valence-corrected chi connectivity index (χ2v) is 7.85. The molecule has 0 aliphatic carbocycles. The van der Waals surface area contributed by atoms with Crippen LogP contribution in [0.3, 0.4) is 0 Å². The lowest BCUT2D eigenvalue weighted by molar-refractivity contribution is -0.132. The first-order chi connectivity index (χ1) is 15.5. The number of anilines is 1. The third-order valence-electron chi connectivity index (χ3n) is 5.70. The van der Waals surface area contributed by atoms with Gasteiger partial charge < -0.3 is 10.1 Å².